The summed E-state index contributed by atoms with van der Waals surface area (Å²) in [6.45, 7) is 0.573. The standard InChI is InChI=1S/C20H17ClO/c21-20(17-9-5-2-6-10-17)18-11-13-19(14-12-18)22-15-16-7-3-1-4-8-16/h1-14,20H,15H2/t20-/m1/s1. The Balaban J connectivity index is 1.65. The first kappa shape index (κ1) is 14.7. The zero-order valence-corrected chi connectivity index (χ0v) is 12.9. The van der Waals surface area contributed by atoms with Crippen molar-refractivity contribution in [2.45, 2.75) is 12.0 Å². The second kappa shape index (κ2) is 7.15. The van der Waals surface area contributed by atoms with E-state index in [1.54, 1.807) is 0 Å². The molecule has 3 aromatic carbocycles. The predicted octanol–water partition coefficient (Wildman–Crippen LogP) is 5.59. The molecule has 0 fully saturated rings. The Bertz CT molecular complexity index is 693. The summed E-state index contributed by atoms with van der Waals surface area (Å²) in [6, 6.07) is 28.2. The van der Waals surface area contributed by atoms with E-state index >= 15 is 0 Å². The van der Waals surface area contributed by atoms with Gasteiger partial charge in [0, 0.05) is 0 Å². The highest BCUT2D eigenvalue weighted by Gasteiger charge is 2.10. The van der Waals surface area contributed by atoms with Crippen LogP contribution in [0.4, 0.5) is 0 Å². The maximum absolute atomic E-state index is 6.52. The van der Waals surface area contributed by atoms with Crippen LogP contribution in [-0.4, -0.2) is 0 Å². The molecule has 3 aromatic rings. The molecule has 0 saturated heterocycles. The monoisotopic (exact) mass is 308 g/mol. The Labute approximate surface area is 136 Å². The molecule has 0 aliphatic carbocycles. The summed E-state index contributed by atoms with van der Waals surface area (Å²) in [5.41, 5.74) is 3.33. The molecule has 0 aliphatic heterocycles. The van der Waals surface area contributed by atoms with Crippen LogP contribution in [0.25, 0.3) is 0 Å². The molecule has 1 atom stereocenters. The summed E-state index contributed by atoms with van der Waals surface area (Å²) in [5, 5.41) is -0.135. The molecule has 0 unspecified atom stereocenters. The summed E-state index contributed by atoms with van der Waals surface area (Å²) >= 11 is 6.52. The summed E-state index contributed by atoms with van der Waals surface area (Å²) < 4.78 is 5.79. The molecule has 0 N–H and O–H groups in total. The molecule has 0 saturated carbocycles. The van der Waals surface area contributed by atoms with Gasteiger partial charge < -0.3 is 4.74 Å². The van der Waals surface area contributed by atoms with Crippen molar-refractivity contribution in [3.63, 3.8) is 0 Å². The number of ether oxygens (including phenoxy) is 1. The molecule has 0 radical (unpaired) electrons. The summed E-state index contributed by atoms with van der Waals surface area (Å²) in [4.78, 5) is 0. The first-order chi connectivity index (χ1) is 10.8. The number of benzene rings is 3. The number of alkyl halides is 1. The van der Waals surface area contributed by atoms with Gasteiger partial charge in [-0.15, -0.1) is 11.6 Å². The Morgan fingerprint density at radius 3 is 1.86 bits per heavy atom. The minimum Gasteiger partial charge on any atom is -0.489 e. The normalized spacial score (nSPS) is 11.9. The SMILES string of the molecule is Cl[C@H](c1ccccc1)c1ccc(OCc2ccccc2)cc1. The lowest BCUT2D eigenvalue weighted by Gasteiger charge is -2.11. The molecule has 0 amide bonds. The van der Waals surface area contributed by atoms with Crippen LogP contribution in [0.2, 0.25) is 0 Å². The van der Waals surface area contributed by atoms with Crippen molar-refractivity contribution in [2.75, 3.05) is 0 Å². The van der Waals surface area contributed by atoms with Gasteiger partial charge in [-0.25, -0.2) is 0 Å². The topological polar surface area (TPSA) is 9.23 Å². The molecule has 22 heavy (non-hydrogen) atoms. The third-order valence-corrected chi connectivity index (χ3v) is 4.02. The molecule has 1 nitrogen and oxygen atoms in total. The molecule has 0 heterocycles. The minimum atomic E-state index is -0.135. The van der Waals surface area contributed by atoms with E-state index < -0.39 is 0 Å². The van der Waals surface area contributed by atoms with Crippen molar-refractivity contribution < 1.29 is 4.74 Å². The number of hydrogen-bond donors (Lipinski definition) is 0. The van der Waals surface area contributed by atoms with Gasteiger partial charge >= 0.3 is 0 Å². The largest absolute Gasteiger partial charge is 0.489 e. The van der Waals surface area contributed by atoms with Crippen LogP contribution in [0.15, 0.2) is 84.9 Å². The van der Waals surface area contributed by atoms with E-state index in [1.165, 1.54) is 0 Å². The van der Waals surface area contributed by atoms with E-state index in [1.807, 2.05) is 72.8 Å². The van der Waals surface area contributed by atoms with Crippen LogP contribution in [0.3, 0.4) is 0 Å². The predicted molar refractivity (Wildman–Crippen MR) is 91.4 cm³/mol. The fourth-order valence-corrected chi connectivity index (χ4v) is 2.58. The van der Waals surface area contributed by atoms with Crippen LogP contribution >= 0.6 is 11.6 Å². The molecule has 0 bridgehead atoms. The number of halogens is 1. The highest BCUT2D eigenvalue weighted by Crippen LogP contribution is 2.29. The summed E-state index contributed by atoms with van der Waals surface area (Å²) in [6.07, 6.45) is 0. The lowest BCUT2D eigenvalue weighted by Crippen LogP contribution is -1.96. The molecule has 0 aromatic heterocycles. The Hall–Kier alpha value is -2.25. The third kappa shape index (κ3) is 3.69. The fraction of sp³-hybridized carbons (Fsp3) is 0.100. The first-order valence-corrected chi connectivity index (χ1v) is 7.72. The maximum atomic E-state index is 6.52. The van der Waals surface area contributed by atoms with Gasteiger partial charge in [-0.2, -0.15) is 0 Å². The van der Waals surface area contributed by atoms with Crippen molar-refractivity contribution in [1.82, 2.24) is 0 Å². The summed E-state index contributed by atoms with van der Waals surface area (Å²) in [7, 11) is 0. The zero-order chi connectivity index (χ0) is 15.2. The smallest absolute Gasteiger partial charge is 0.119 e. The second-order valence-corrected chi connectivity index (χ2v) is 5.55. The first-order valence-electron chi connectivity index (χ1n) is 7.28. The lowest BCUT2D eigenvalue weighted by molar-refractivity contribution is 0.306. The van der Waals surface area contributed by atoms with Crippen LogP contribution in [0.1, 0.15) is 22.1 Å². The molecule has 3 rings (SSSR count). The molecule has 0 spiro atoms. The third-order valence-electron chi connectivity index (χ3n) is 3.51. The highest BCUT2D eigenvalue weighted by molar-refractivity contribution is 6.22. The van der Waals surface area contributed by atoms with E-state index in [0.717, 1.165) is 22.4 Å². The van der Waals surface area contributed by atoms with Crippen molar-refractivity contribution >= 4 is 11.6 Å². The van der Waals surface area contributed by atoms with Gasteiger partial charge in [0.2, 0.25) is 0 Å². The Kier molecular flexibility index (Phi) is 4.77. The van der Waals surface area contributed by atoms with Crippen LogP contribution in [0, 0.1) is 0 Å². The van der Waals surface area contributed by atoms with E-state index in [0.29, 0.717) is 6.61 Å². The van der Waals surface area contributed by atoms with Crippen molar-refractivity contribution in [1.29, 1.82) is 0 Å². The highest BCUT2D eigenvalue weighted by atomic mass is 35.5. The van der Waals surface area contributed by atoms with Gasteiger partial charge in [0.05, 0.1) is 5.38 Å². The minimum absolute atomic E-state index is 0.135. The van der Waals surface area contributed by atoms with Gasteiger partial charge in [-0.05, 0) is 28.8 Å². The maximum Gasteiger partial charge on any atom is 0.119 e. The fourth-order valence-electron chi connectivity index (χ4n) is 2.29. The quantitative estimate of drug-likeness (QED) is 0.558. The number of rotatable bonds is 5. The lowest BCUT2D eigenvalue weighted by atomic mass is 10.0. The van der Waals surface area contributed by atoms with Crippen molar-refractivity contribution in [2.24, 2.45) is 0 Å². The van der Waals surface area contributed by atoms with Crippen LogP contribution in [0.5, 0.6) is 5.75 Å². The average Bonchev–Trinajstić information content (AvgIpc) is 2.61. The molecular weight excluding hydrogens is 292 g/mol. The second-order valence-electron chi connectivity index (χ2n) is 5.12. The van der Waals surface area contributed by atoms with Gasteiger partial charge in [0.25, 0.3) is 0 Å². The van der Waals surface area contributed by atoms with E-state index in [2.05, 4.69) is 12.1 Å². The molecule has 2 heteroatoms. The average molecular weight is 309 g/mol. The van der Waals surface area contributed by atoms with E-state index in [9.17, 15) is 0 Å². The summed E-state index contributed by atoms with van der Waals surface area (Å²) in [5.74, 6) is 0.851. The van der Waals surface area contributed by atoms with Crippen molar-refractivity contribution in [3.8, 4) is 5.75 Å². The van der Waals surface area contributed by atoms with Crippen LogP contribution in [-0.2, 0) is 6.61 Å². The van der Waals surface area contributed by atoms with Crippen LogP contribution < -0.4 is 4.74 Å². The molecular formula is C20H17ClO. The Morgan fingerprint density at radius 1 is 0.682 bits per heavy atom. The number of hydrogen-bond acceptors (Lipinski definition) is 1. The van der Waals surface area contributed by atoms with Gasteiger partial charge in [-0.1, -0.05) is 72.8 Å². The molecule has 0 aliphatic rings. The van der Waals surface area contributed by atoms with Gasteiger partial charge in [0.15, 0.2) is 0 Å². The zero-order valence-electron chi connectivity index (χ0n) is 12.2. The molecule has 110 valence electrons. The van der Waals surface area contributed by atoms with Crippen molar-refractivity contribution in [3.05, 3.63) is 102 Å². The Morgan fingerprint density at radius 2 is 1.23 bits per heavy atom. The van der Waals surface area contributed by atoms with Gasteiger partial charge in [-0.3, -0.25) is 0 Å². The van der Waals surface area contributed by atoms with E-state index in [4.69, 9.17) is 16.3 Å². The van der Waals surface area contributed by atoms with E-state index in [-0.39, 0.29) is 5.38 Å². The van der Waals surface area contributed by atoms with Gasteiger partial charge in [0.1, 0.15) is 12.4 Å².